The van der Waals surface area contributed by atoms with Gasteiger partial charge in [0.1, 0.15) is 0 Å². The van der Waals surface area contributed by atoms with Gasteiger partial charge in [0, 0.05) is 13.1 Å². The van der Waals surface area contributed by atoms with Crippen molar-refractivity contribution in [2.75, 3.05) is 13.1 Å². The van der Waals surface area contributed by atoms with Crippen molar-refractivity contribution in [3.8, 4) is 5.69 Å². The minimum absolute atomic E-state index is 0.209. The van der Waals surface area contributed by atoms with Gasteiger partial charge in [0.25, 0.3) is 5.91 Å². The highest BCUT2D eigenvalue weighted by Crippen LogP contribution is 2.34. The first-order chi connectivity index (χ1) is 10.9. The Morgan fingerprint density at radius 1 is 1.13 bits per heavy atom. The maximum atomic E-state index is 13.4. The molecule has 1 fully saturated rings. The summed E-state index contributed by atoms with van der Waals surface area (Å²) in [7, 11) is 0. The summed E-state index contributed by atoms with van der Waals surface area (Å²) in [6, 6.07) is 8.51. The van der Waals surface area contributed by atoms with Gasteiger partial charge in [-0.1, -0.05) is 18.2 Å². The lowest BCUT2D eigenvalue weighted by molar-refractivity contribution is -0.141. The molecule has 2 aromatic rings. The Balaban J connectivity index is 2.13. The van der Waals surface area contributed by atoms with Gasteiger partial charge in [-0.2, -0.15) is 18.3 Å². The molecular weight excluding hydrogens is 307 g/mol. The first-order valence-electron chi connectivity index (χ1n) is 7.41. The molecule has 0 radical (unpaired) electrons. The summed E-state index contributed by atoms with van der Waals surface area (Å²) < 4.78 is 41.3. The van der Waals surface area contributed by atoms with E-state index >= 15 is 0 Å². The largest absolute Gasteiger partial charge is 0.435 e. The van der Waals surface area contributed by atoms with E-state index in [2.05, 4.69) is 5.10 Å². The molecule has 23 heavy (non-hydrogen) atoms. The van der Waals surface area contributed by atoms with Crippen molar-refractivity contribution in [2.45, 2.75) is 25.9 Å². The van der Waals surface area contributed by atoms with Crippen LogP contribution >= 0.6 is 0 Å². The Hall–Kier alpha value is -2.31. The summed E-state index contributed by atoms with van der Waals surface area (Å²) in [5.74, 6) is -0.588. The topological polar surface area (TPSA) is 38.1 Å². The number of hydrogen-bond acceptors (Lipinski definition) is 2. The fourth-order valence-corrected chi connectivity index (χ4v) is 2.86. The van der Waals surface area contributed by atoms with Crippen molar-refractivity contribution < 1.29 is 18.0 Å². The van der Waals surface area contributed by atoms with Crippen LogP contribution in [-0.2, 0) is 6.18 Å². The summed E-state index contributed by atoms with van der Waals surface area (Å²) >= 11 is 0. The first-order valence-corrected chi connectivity index (χ1v) is 7.41. The van der Waals surface area contributed by atoms with Crippen LogP contribution in [-0.4, -0.2) is 33.7 Å². The normalized spacial score (nSPS) is 15.2. The van der Waals surface area contributed by atoms with Crippen molar-refractivity contribution in [3.63, 3.8) is 0 Å². The van der Waals surface area contributed by atoms with Gasteiger partial charge in [-0.3, -0.25) is 4.79 Å². The van der Waals surface area contributed by atoms with Gasteiger partial charge in [-0.05, 0) is 31.9 Å². The van der Waals surface area contributed by atoms with E-state index in [1.54, 1.807) is 30.3 Å². The Morgan fingerprint density at radius 3 is 2.30 bits per heavy atom. The monoisotopic (exact) mass is 323 g/mol. The Morgan fingerprint density at radius 2 is 1.74 bits per heavy atom. The van der Waals surface area contributed by atoms with Crippen LogP contribution in [0.2, 0.25) is 0 Å². The third-order valence-electron chi connectivity index (χ3n) is 3.99. The highest BCUT2D eigenvalue weighted by molar-refractivity contribution is 5.97. The molecule has 122 valence electrons. The zero-order valence-corrected chi connectivity index (χ0v) is 12.6. The number of benzene rings is 1. The molecule has 1 aliphatic heterocycles. The standard InChI is InChI=1S/C16H16F3N3O/c1-11-13(15(23)21-9-5-6-10-21)14(16(17,18)19)20-22(11)12-7-3-2-4-8-12/h2-4,7-8H,5-6,9-10H2,1H3. The number of carbonyl (C=O) groups is 1. The summed E-state index contributed by atoms with van der Waals surface area (Å²) in [6.07, 6.45) is -3.03. The van der Waals surface area contributed by atoms with E-state index in [1.807, 2.05) is 0 Å². The highest BCUT2D eigenvalue weighted by Gasteiger charge is 2.42. The second-order valence-electron chi connectivity index (χ2n) is 5.55. The van der Waals surface area contributed by atoms with Gasteiger partial charge in [0.2, 0.25) is 0 Å². The predicted octanol–water partition coefficient (Wildman–Crippen LogP) is 3.44. The second-order valence-corrected chi connectivity index (χ2v) is 5.55. The fraction of sp³-hybridized carbons (Fsp3) is 0.375. The van der Waals surface area contributed by atoms with Crippen molar-refractivity contribution in [1.82, 2.24) is 14.7 Å². The predicted molar refractivity (Wildman–Crippen MR) is 78.4 cm³/mol. The van der Waals surface area contributed by atoms with Gasteiger partial charge in [0.15, 0.2) is 5.69 Å². The quantitative estimate of drug-likeness (QED) is 0.849. The second kappa shape index (κ2) is 5.72. The molecule has 1 saturated heterocycles. The third kappa shape index (κ3) is 2.83. The number of hydrogen-bond donors (Lipinski definition) is 0. The van der Waals surface area contributed by atoms with Gasteiger partial charge < -0.3 is 4.90 Å². The number of nitrogens with zero attached hydrogens (tertiary/aromatic N) is 3. The molecule has 2 heterocycles. The summed E-state index contributed by atoms with van der Waals surface area (Å²) in [6.45, 7) is 2.48. The Labute approximate surface area is 131 Å². The SMILES string of the molecule is Cc1c(C(=O)N2CCCC2)c(C(F)(F)F)nn1-c1ccccc1. The molecule has 1 aromatic heterocycles. The number of likely N-dealkylation sites (tertiary alicyclic amines) is 1. The molecule has 0 atom stereocenters. The third-order valence-corrected chi connectivity index (χ3v) is 3.99. The Bertz CT molecular complexity index is 716. The molecule has 4 nitrogen and oxygen atoms in total. The minimum atomic E-state index is -4.67. The van der Waals surface area contributed by atoms with Gasteiger partial charge in [0.05, 0.1) is 16.9 Å². The lowest BCUT2D eigenvalue weighted by Crippen LogP contribution is -2.29. The van der Waals surface area contributed by atoms with Crippen LogP contribution in [0.1, 0.15) is 34.6 Å². The molecule has 1 aliphatic rings. The molecule has 0 unspecified atom stereocenters. The molecule has 3 rings (SSSR count). The van der Waals surface area contributed by atoms with Crippen molar-refractivity contribution in [1.29, 1.82) is 0 Å². The van der Waals surface area contributed by atoms with Crippen molar-refractivity contribution in [3.05, 3.63) is 47.3 Å². The van der Waals surface area contributed by atoms with E-state index in [4.69, 9.17) is 0 Å². The molecule has 7 heteroatoms. The van der Waals surface area contributed by atoms with Crippen LogP contribution < -0.4 is 0 Å². The van der Waals surface area contributed by atoms with Crippen molar-refractivity contribution >= 4 is 5.91 Å². The zero-order chi connectivity index (χ0) is 16.6. The Kier molecular flexibility index (Phi) is 3.87. The van der Waals surface area contributed by atoms with Crippen LogP contribution in [0.15, 0.2) is 30.3 Å². The molecule has 0 aliphatic carbocycles. The van der Waals surface area contributed by atoms with E-state index in [1.165, 1.54) is 16.5 Å². The molecule has 0 spiro atoms. The lowest BCUT2D eigenvalue weighted by Gasteiger charge is -2.16. The first kappa shape index (κ1) is 15.6. The smallest absolute Gasteiger partial charge is 0.339 e. The van der Waals surface area contributed by atoms with Crippen LogP contribution in [0.3, 0.4) is 0 Å². The average Bonchev–Trinajstić information content (AvgIpc) is 3.14. The van der Waals surface area contributed by atoms with E-state index in [9.17, 15) is 18.0 Å². The van der Waals surface area contributed by atoms with E-state index in [-0.39, 0.29) is 11.3 Å². The number of halogens is 3. The lowest BCUT2D eigenvalue weighted by atomic mass is 10.1. The van der Waals surface area contributed by atoms with Crippen LogP contribution in [0.5, 0.6) is 0 Å². The fourth-order valence-electron chi connectivity index (χ4n) is 2.86. The molecule has 0 bridgehead atoms. The maximum Gasteiger partial charge on any atom is 0.435 e. The molecule has 0 saturated carbocycles. The number of rotatable bonds is 2. The molecule has 0 N–H and O–H groups in total. The summed E-state index contributed by atoms with van der Waals surface area (Å²) in [5, 5.41) is 3.69. The van der Waals surface area contributed by atoms with Gasteiger partial charge in [-0.15, -0.1) is 0 Å². The number of carbonyl (C=O) groups excluding carboxylic acids is 1. The zero-order valence-electron chi connectivity index (χ0n) is 12.6. The molecule has 1 amide bonds. The number of amides is 1. The van der Waals surface area contributed by atoms with Crippen LogP contribution in [0.4, 0.5) is 13.2 Å². The van der Waals surface area contributed by atoms with E-state index in [0.717, 1.165) is 12.8 Å². The maximum absolute atomic E-state index is 13.4. The van der Waals surface area contributed by atoms with Crippen molar-refractivity contribution in [2.24, 2.45) is 0 Å². The number of aromatic nitrogens is 2. The number of para-hydroxylation sites is 1. The molecule has 1 aromatic carbocycles. The van der Waals surface area contributed by atoms with E-state index in [0.29, 0.717) is 18.8 Å². The van der Waals surface area contributed by atoms with E-state index < -0.39 is 17.8 Å². The molecular formula is C16H16F3N3O. The minimum Gasteiger partial charge on any atom is -0.339 e. The summed E-state index contributed by atoms with van der Waals surface area (Å²) in [4.78, 5) is 14.0. The van der Waals surface area contributed by atoms with Gasteiger partial charge >= 0.3 is 6.18 Å². The van der Waals surface area contributed by atoms with Crippen LogP contribution in [0, 0.1) is 6.92 Å². The number of alkyl halides is 3. The summed E-state index contributed by atoms with van der Waals surface area (Å²) in [5.41, 5.74) is -0.754. The highest BCUT2D eigenvalue weighted by atomic mass is 19.4. The van der Waals surface area contributed by atoms with Crippen LogP contribution in [0.25, 0.3) is 5.69 Å². The average molecular weight is 323 g/mol. The van der Waals surface area contributed by atoms with Gasteiger partial charge in [-0.25, -0.2) is 4.68 Å².